The Bertz CT molecular complexity index is 426. The van der Waals surface area contributed by atoms with Crippen LogP contribution in [0.5, 0.6) is 0 Å². The summed E-state index contributed by atoms with van der Waals surface area (Å²) in [5, 5.41) is 23.4. The predicted molar refractivity (Wildman–Crippen MR) is 78.9 cm³/mol. The van der Waals surface area contributed by atoms with E-state index in [-0.39, 0.29) is 22.5 Å². The van der Waals surface area contributed by atoms with E-state index in [1.54, 1.807) is 12.1 Å². The van der Waals surface area contributed by atoms with Gasteiger partial charge in [0.2, 0.25) is 0 Å². The number of para-hydroxylation sites is 1. The van der Waals surface area contributed by atoms with Crippen molar-refractivity contribution < 1.29 is 10.0 Å². The number of nitrogens with one attached hydrogen (secondary N) is 1. The van der Waals surface area contributed by atoms with E-state index in [1.807, 2.05) is 19.9 Å². The summed E-state index contributed by atoms with van der Waals surface area (Å²) < 4.78 is 0. The number of nitro groups is 1. The molecule has 0 radical (unpaired) electrons. The molecule has 19 heavy (non-hydrogen) atoms. The first-order chi connectivity index (χ1) is 9.10. The van der Waals surface area contributed by atoms with Gasteiger partial charge in [0.1, 0.15) is 5.69 Å². The first kappa shape index (κ1) is 15.8. The van der Waals surface area contributed by atoms with Crippen LogP contribution < -0.4 is 5.32 Å². The van der Waals surface area contributed by atoms with Gasteiger partial charge in [-0.05, 0) is 25.0 Å². The monoisotopic (exact) mass is 284 g/mol. The van der Waals surface area contributed by atoms with Crippen molar-refractivity contribution in [3.63, 3.8) is 0 Å². The molecule has 0 spiro atoms. The average molecular weight is 284 g/mol. The van der Waals surface area contributed by atoms with E-state index >= 15 is 0 Å². The van der Waals surface area contributed by atoms with Gasteiger partial charge >= 0.3 is 5.69 Å². The van der Waals surface area contributed by atoms with Gasteiger partial charge in [-0.25, -0.2) is 0 Å². The Kier molecular flexibility index (Phi) is 6.66. The van der Waals surface area contributed by atoms with Crippen molar-refractivity contribution >= 4 is 23.1 Å². The highest BCUT2D eigenvalue weighted by molar-refractivity contribution is 8.00. The van der Waals surface area contributed by atoms with E-state index in [0.717, 1.165) is 6.42 Å². The number of nitrogens with zero attached hydrogens (tertiary/aromatic N) is 1. The molecule has 2 N–H and O–H groups in total. The molecule has 106 valence electrons. The Morgan fingerprint density at radius 1 is 1.53 bits per heavy atom. The van der Waals surface area contributed by atoms with Crippen LogP contribution in [0.3, 0.4) is 0 Å². The molecule has 0 saturated heterocycles. The summed E-state index contributed by atoms with van der Waals surface area (Å²) in [5.74, 6) is 0. The van der Waals surface area contributed by atoms with Crippen LogP contribution in [-0.2, 0) is 0 Å². The van der Waals surface area contributed by atoms with Crippen molar-refractivity contribution in [2.75, 3.05) is 18.5 Å². The number of hydrogen-bond acceptors (Lipinski definition) is 5. The zero-order valence-corrected chi connectivity index (χ0v) is 12.1. The molecule has 0 fully saturated rings. The minimum atomic E-state index is -0.341. The number of aliphatic hydroxyl groups excluding tert-OH is 1. The lowest BCUT2D eigenvalue weighted by atomic mass is 10.2. The highest BCUT2D eigenvalue weighted by Gasteiger charge is 2.21. The van der Waals surface area contributed by atoms with E-state index in [9.17, 15) is 10.1 Å². The van der Waals surface area contributed by atoms with Crippen molar-refractivity contribution in [1.29, 1.82) is 0 Å². The van der Waals surface area contributed by atoms with Gasteiger partial charge in [-0.3, -0.25) is 10.1 Å². The summed E-state index contributed by atoms with van der Waals surface area (Å²) >= 11 is 1.43. The van der Waals surface area contributed by atoms with Crippen LogP contribution in [0.1, 0.15) is 26.7 Å². The Morgan fingerprint density at radius 3 is 2.84 bits per heavy atom. The Balaban J connectivity index is 2.99. The molecular formula is C13H20N2O3S. The molecule has 1 atom stereocenters. The predicted octanol–water partition coefficient (Wildman–Crippen LogP) is 3.28. The second-order valence-electron chi connectivity index (χ2n) is 4.28. The third-order valence-corrected chi connectivity index (χ3v) is 3.83. The zero-order chi connectivity index (χ0) is 14.3. The van der Waals surface area contributed by atoms with Gasteiger partial charge in [0.15, 0.2) is 0 Å². The molecule has 6 heteroatoms. The fourth-order valence-electron chi connectivity index (χ4n) is 1.67. The largest absolute Gasteiger partial charge is 0.396 e. The molecule has 0 aliphatic carbocycles. The number of rotatable bonds is 8. The average Bonchev–Trinajstić information content (AvgIpc) is 2.36. The lowest BCUT2D eigenvalue weighted by Crippen LogP contribution is -2.05. The van der Waals surface area contributed by atoms with Gasteiger partial charge in [-0.1, -0.05) is 19.9 Å². The number of aliphatic hydroxyl groups is 1. The molecule has 0 aliphatic rings. The van der Waals surface area contributed by atoms with Crippen molar-refractivity contribution in [2.45, 2.75) is 36.8 Å². The smallest absolute Gasteiger partial charge is 0.305 e. The van der Waals surface area contributed by atoms with Crippen molar-refractivity contribution in [1.82, 2.24) is 0 Å². The quantitative estimate of drug-likeness (QED) is 0.435. The van der Waals surface area contributed by atoms with E-state index in [0.29, 0.717) is 23.5 Å². The minimum Gasteiger partial charge on any atom is -0.396 e. The van der Waals surface area contributed by atoms with E-state index in [1.165, 1.54) is 11.8 Å². The molecule has 0 aliphatic heterocycles. The fraction of sp³-hybridized carbons (Fsp3) is 0.538. The summed E-state index contributed by atoms with van der Waals surface area (Å²) in [5.41, 5.74) is 0.693. The number of anilines is 1. The third-order valence-electron chi connectivity index (χ3n) is 2.61. The Morgan fingerprint density at radius 2 is 2.26 bits per heavy atom. The minimum absolute atomic E-state index is 0.0930. The van der Waals surface area contributed by atoms with E-state index < -0.39 is 0 Å². The standard InChI is InChI=1S/C13H20N2O3S/c1-3-8-14-11-5-4-6-12(13(11)15(17)18)19-10(2)7-9-16/h4-6,10,14,16H,3,7-9H2,1-2H3. The van der Waals surface area contributed by atoms with Crippen molar-refractivity contribution in [3.05, 3.63) is 28.3 Å². The first-order valence-electron chi connectivity index (χ1n) is 6.39. The fourth-order valence-corrected chi connectivity index (χ4v) is 2.78. The molecule has 1 rings (SSSR count). The zero-order valence-electron chi connectivity index (χ0n) is 11.3. The SMILES string of the molecule is CCCNc1cccc(SC(C)CCO)c1[N+](=O)[O-]. The van der Waals surface area contributed by atoms with Crippen molar-refractivity contribution in [3.8, 4) is 0 Å². The molecule has 1 aromatic rings. The van der Waals surface area contributed by atoms with Crippen LogP contribution in [0.25, 0.3) is 0 Å². The van der Waals surface area contributed by atoms with Crippen LogP contribution in [0, 0.1) is 10.1 Å². The lowest BCUT2D eigenvalue weighted by Gasteiger charge is -2.12. The summed E-state index contributed by atoms with van der Waals surface area (Å²) in [7, 11) is 0. The van der Waals surface area contributed by atoms with Gasteiger partial charge in [-0.15, -0.1) is 11.8 Å². The van der Waals surface area contributed by atoms with Gasteiger partial charge < -0.3 is 10.4 Å². The molecule has 1 unspecified atom stereocenters. The maximum atomic E-state index is 11.2. The highest BCUT2D eigenvalue weighted by atomic mass is 32.2. The van der Waals surface area contributed by atoms with Crippen molar-refractivity contribution in [2.24, 2.45) is 0 Å². The van der Waals surface area contributed by atoms with Crippen LogP contribution in [0.4, 0.5) is 11.4 Å². The summed E-state index contributed by atoms with van der Waals surface area (Å²) in [6.45, 7) is 4.77. The van der Waals surface area contributed by atoms with Crippen LogP contribution in [-0.4, -0.2) is 28.4 Å². The number of hydrogen-bond donors (Lipinski definition) is 2. The number of nitro benzene ring substituents is 1. The molecular weight excluding hydrogens is 264 g/mol. The maximum Gasteiger partial charge on any atom is 0.305 e. The number of thioether (sulfide) groups is 1. The van der Waals surface area contributed by atoms with E-state index in [2.05, 4.69) is 5.32 Å². The summed E-state index contributed by atoms with van der Waals surface area (Å²) in [6.07, 6.45) is 1.53. The van der Waals surface area contributed by atoms with Gasteiger partial charge in [0.25, 0.3) is 0 Å². The normalized spacial score (nSPS) is 12.2. The Hall–Kier alpha value is -1.27. The van der Waals surface area contributed by atoms with Gasteiger partial charge in [0.05, 0.1) is 9.82 Å². The molecule has 1 aromatic carbocycles. The third kappa shape index (κ3) is 4.72. The van der Waals surface area contributed by atoms with Gasteiger partial charge in [0, 0.05) is 18.4 Å². The molecule has 0 heterocycles. The first-order valence-corrected chi connectivity index (χ1v) is 7.26. The van der Waals surface area contributed by atoms with Crippen LogP contribution in [0.2, 0.25) is 0 Å². The maximum absolute atomic E-state index is 11.2. The second kappa shape index (κ2) is 8.01. The number of benzene rings is 1. The molecule has 5 nitrogen and oxygen atoms in total. The van der Waals surface area contributed by atoms with Gasteiger partial charge in [-0.2, -0.15) is 0 Å². The summed E-state index contributed by atoms with van der Waals surface area (Å²) in [6, 6.07) is 5.31. The molecule has 0 amide bonds. The highest BCUT2D eigenvalue weighted by Crippen LogP contribution is 2.38. The topological polar surface area (TPSA) is 75.4 Å². The summed E-state index contributed by atoms with van der Waals surface area (Å²) in [4.78, 5) is 11.6. The second-order valence-corrected chi connectivity index (χ2v) is 5.76. The van der Waals surface area contributed by atoms with Crippen LogP contribution >= 0.6 is 11.8 Å². The Labute approximate surface area is 117 Å². The molecule has 0 bridgehead atoms. The molecule has 0 saturated carbocycles. The van der Waals surface area contributed by atoms with Crippen LogP contribution in [0.15, 0.2) is 23.1 Å². The van der Waals surface area contributed by atoms with E-state index in [4.69, 9.17) is 5.11 Å². The lowest BCUT2D eigenvalue weighted by molar-refractivity contribution is -0.386. The molecule has 0 aromatic heterocycles.